The van der Waals surface area contributed by atoms with Crippen molar-refractivity contribution in [1.29, 1.82) is 0 Å². The fraction of sp³-hybridized carbons (Fsp3) is 0.500. The van der Waals surface area contributed by atoms with E-state index in [9.17, 15) is 4.79 Å². The summed E-state index contributed by atoms with van der Waals surface area (Å²) in [4.78, 5) is 11.7. The van der Waals surface area contributed by atoms with Gasteiger partial charge in [0.25, 0.3) is 0 Å². The number of carbonyl (C=O) groups is 1. The number of aldehydes is 1. The maximum absolute atomic E-state index is 11.7. The lowest BCUT2D eigenvalue weighted by molar-refractivity contribution is -0.00758. The van der Waals surface area contributed by atoms with Crippen LogP contribution in [0.2, 0.25) is 0 Å². The molecule has 3 heteroatoms. The van der Waals surface area contributed by atoms with E-state index in [1.807, 2.05) is 41.2 Å². The van der Waals surface area contributed by atoms with E-state index in [4.69, 9.17) is 5.10 Å². The van der Waals surface area contributed by atoms with Crippen LogP contribution in [-0.2, 0) is 5.41 Å². The zero-order valence-electron chi connectivity index (χ0n) is 13.3. The van der Waals surface area contributed by atoms with E-state index < -0.39 is 0 Å². The molecule has 0 aliphatic heterocycles. The van der Waals surface area contributed by atoms with Crippen molar-refractivity contribution in [2.75, 3.05) is 0 Å². The third kappa shape index (κ3) is 2.02. The molecule has 2 aromatic rings. The fourth-order valence-electron chi connectivity index (χ4n) is 6.00. The van der Waals surface area contributed by atoms with Crippen molar-refractivity contribution >= 4 is 6.29 Å². The van der Waals surface area contributed by atoms with Crippen LogP contribution in [0.1, 0.15) is 54.6 Å². The van der Waals surface area contributed by atoms with Crippen molar-refractivity contribution in [1.82, 2.24) is 9.78 Å². The van der Waals surface area contributed by atoms with E-state index >= 15 is 0 Å². The maximum atomic E-state index is 11.7. The third-order valence-electron chi connectivity index (χ3n) is 6.43. The molecule has 1 aromatic heterocycles. The van der Waals surface area contributed by atoms with Gasteiger partial charge in [-0.15, -0.1) is 0 Å². The van der Waals surface area contributed by atoms with Gasteiger partial charge in [-0.3, -0.25) is 4.79 Å². The monoisotopic (exact) mass is 306 g/mol. The average molecular weight is 306 g/mol. The first-order chi connectivity index (χ1) is 11.3. The molecule has 0 unspecified atom stereocenters. The number of rotatable bonds is 3. The Morgan fingerprint density at radius 3 is 2.17 bits per heavy atom. The van der Waals surface area contributed by atoms with Crippen LogP contribution in [0.5, 0.6) is 0 Å². The Morgan fingerprint density at radius 2 is 1.61 bits per heavy atom. The van der Waals surface area contributed by atoms with Crippen LogP contribution in [-0.4, -0.2) is 16.1 Å². The van der Waals surface area contributed by atoms with Gasteiger partial charge in [-0.1, -0.05) is 18.2 Å². The minimum atomic E-state index is 0.172. The normalized spacial score (nSPS) is 34.7. The summed E-state index contributed by atoms with van der Waals surface area (Å²) >= 11 is 0. The van der Waals surface area contributed by atoms with E-state index in [1.54, 1.807) is 0 Å². The molecule has 0 radical (unpaired) electrons. The highest BCUT2D eigenvalue weighted by Gasteiger charge is 2.53. The van der Waals surface area contributed by atoms with E-state index in [-0.39, 0.29) is 5.41 Å². The van der Waals surface area contributed by atoms with Gasteiger partial charge >= 0.3 is 0 Å². The Balaban J connectivity index is 1.60. The van der Waals surface area contributed by atoms with Crippen LogP contribution >= 0.6 is 0 Å². The van der Waals surface area contributed by atoms with Gasteiger partial charge in [0.15, 0.2) is 6.29 Å². The van der Waals surface area contributed by atoms with Crippen LogP contribution in [0.25, 0.3) is 5.69 Å². The molecule has 4 bridgehead atoms. The van der Waals surface area contributed by atoms with Crippen molar-refractivity contribution in [3.05, 3.63) is 47.8 Å². The van der Waals surface area contributed by atoms with E-state index in [0.29, 0.717) is 0 Å². The van der Waals surface area contributed by atoms with Gasteiger partial charge in [0.05, 0.1) is 16.9 Å². The summed E-state index contributed by atoms with van der Waals surface area (Å²) in [6, 6.07) is 10.1. The predicted molar refractivity (Wildman–Crippen MR) is 88.8 cm³/mol. The van der Waals surface area contributed by atoms with Crippen molar-refractivity contribution in [2.24, 2.45) is 17.8 Å². The van der Waals surface area contributed by atoms with Crippen LogP contribution in [0.4, 0.5) is 0 Å². The van der Waals surface area contributed by atoms with E-state index in [2.05, 4.69) is 0 Å². The lowest BCUT2D eigenvalue weighted by atomic mass is 9.48. The minimum absolute atomic E-state index is 0.172. The second-order valence-corrected chi connectivity index (χ2v) is 8.03. The molecule has 4 fully saturated rings. The van der Waals surface area contributed by atoms with Crippen LogP contribution in [0, 0.1) is 17.8 Å². The maximum Gasteiger partial charge on any atom is 0.153 e. The Kier molecular flexibility index (Phi) is 2.82. The molecule has 0 spiro atoms. The lowest BCUT2D eigenvalue weighted by Crippen LogP contribution is -2.49. The Hall–Kier alpha value is -1.90. The molecule has 1 aromatic carbocycles. The Bertz CT molecular complexity index is 711. The highest BCUT2D eigenvalue weighted by atomic mass is 16.1. The molecule has 0 saturated heterocycles. The smallest absolute Gasteiger partial charge is 0.153 e. The second kappa shape index (κ2) is 4.80. The predicted octanol–water partition coefficient (Wildman–Crippen LogP) is 4.15. The molecular formula is C20H22N2O. The molecule has 0 amide bonds. The molecule has 3 nitrogen and oxygen atoms in total. The summed E-state index contributed by atoms with van der Waals surface area (Å²) in [7, 11) is 0. The standard InChI is InChI=1S/C20H22N2O/c23-13-17-12-22(18-4-2-1-3-5-18)21-19(17)20-9-14-6-15(10-20)8-16(7-14)11-20/h1-5,12-16H,6-11H2. The highest BCUT2D eigenvalue weighted by molar-refractivity contribution is 5.77. The van der Waals surface area contributed by atoms with Crippen LogP contribution in [0.15, 0.2) is 36.5 Å². The number of para-hydroxylation sites is 1. The number of hydrogen-bond donors (Lipinski definition) is 0. The topological polar surface area (TPSA) is 34.9 Å². The summed E-state index contributed by atoms with van der Waals surface area (Å²) in [6.07, 6.45) is 10.9. The van der Waals surface area contributed by atoms with Gasteiger partial charge in [0, 0.05) is 11.6 Å². The summed E-state index contributed by atoms with van der Waals surface area (Å²) in [6.45, 7) is 0. The van der Waals surface area contributed by atoms with Crippen molar-refractivity contribution in [3.8, 4) is 5.69 Å². The fourth-order valence-corrected chi connectivity index (χ4v) is 6.00. The molecule has 118 valence electrons. The molecule has 0 atom stereocenters. The van der Waals surface area contributed by atoms with Gasteiger partial charge in [-0.2, -0.15) is 5.10 Å². The van der Waals surface area contributed by atoms with Crippen molar-refractivity contribution in [2.45, 2.75) is 43.9 Å². The molecule has 4 aliphatic carbocycles. The first-order valence-corrected chi connectivity index (χ1v) is 8.86. The Labute approximate surface area is 136 Å². The highest BCUT2D eigenvalue weighted by Crippen LogP contribution is 2.60. The number of carbonyl (C=O) groups excluding carboxylic acids is 1. The molecule has 1 heterocycles. The average Bonchev–Trinajstić information content (AvgIpc) is 3.00. The minimum Gasteiger partial charge on any atom is -0.298 e. The summed E-state index contributed by atoms with van der Waals surface area (Å²) < 4.78 is 1.90. The third-order valence-corrected chi connectivity index (χ3v) is 6.43. The molecule has 4 aliphatic rings. The SMILES string of the molecule is O=Cc1cn(-c2ccccc2)nc1C12CC3CC(CC(C3)C1)C2. The molecule has 0 N–H and O–H groups in total. The van der Waals surface area contributed by atoms with Gasteiger partial charge in [-0.05, 0) is 68.4 Å². The Morgan fingerprint density at radius 1 is 1.00 bits per heavy atom. The number of aromatic nitrogens is 2. The lowest BCUT2D eigenvalue weighted by Gasteiger charge is -2.56. The summed E-state index contributed by atoms with van der Waals surface area (Å²) in [5.41, 5.74) is 3.09. The van der Waals surface area contributed by atoms with Gasteiger partial charge in [0.1, 0.15) is 0 Å². The van der Waals surface area contributed by atoms with Crippen molar-refractivity contribution < 1.29 is 4.79 Å². The van der Waals surface area contributed by atoms with E-state index in [0.717, 1.165) is 41.0 Å². The zero-order valence-corrected chi connectivity index (χ0v) is 13.3. The number of benzene rings is 1. The van der Waals surface area contributed by atoms with E-state index in [1.165, 1.54) is 38.5 Å². The summed E-state index contributed by atoms with van der Waals surface area (Å²) in [5.74, 6) is 2.59. The van der Waals surface area contributed by atoms with Gasteiger partial charge < -0.3 is 0 Å². The largest absolute Gasteiger partial charge is 0.298 e. The first kappa shape index (κ1) is 13.5. The summed E-state index contributed by atoms with van der Waals surface area (Å²) in [5, 5.41) is 4.93. The molecule has 23 heavy (non-hydrogen) atoms. The molecular weight excluding hydrogens is 284 g/mol. The molecule has 4 saturated carbocycles. The number of hydrogen-bond acceptors (Lipinski definition) is 2. The van der Waals surface area contributed by atoms with Gasteiger partial charge in [-0.25, -0.2) is 4.68 Å². The number of nitrogens with zero attached hydrogens (tertiary/aromatic N) is 2. The van der Waals surface area contributed by atoms with Crippen LogP contribution in [0.3, 0.4) is 0 Å². The zero-order chi connectivity index (χ0) is 15.4. The quantitative estimate of drug-likeness (QED) is 0.798. The van der Waals surface area contributed by atoms with Crippen molar-refractivity contribution in [3.63, 3.8) is 0 Å². The first-order valence-electron chi connectivity index (χ1n) is 8.86. The second-order valence-electron chi connectivity index (χ2n) is 8.03. The van der Waals surface area contributed by atoms with Gasteiger partial charge in [0.2, 0.25) is 0 Å². The molecule has 6 rings (SSSR count). The van der Waals surface area contributed by atoms with Crippen LogP contribution < -0.4 is 0 Å².